The second-order valence-electron chi connectivity index (χ2n) is 7.24. The fourth-order valence-electron chi connectivity index (χ4n) is 3.45. The number of nitro groups is 1. The van der Waals surface area contributed by atoms with Crippen LogP contribution in [0.1, 0.15) is 19.4 Å². The normalized spacial score (nSPS) is 15.0. The third-order valence-electron chi connectivity index (χ3n) is 5.30. The maximum absolute atomic E-state index is 12.8. The van der Waals surface area contributed by atoms with Crippen molar-refractivity contribution in [1.82, 2.24) is 4.31 Å². The summed E-state index contributed by atoms with van der Waals surface area (Å²) in [5.41, 5.74) is 3.46. The van der Waals surface area contributed by atoms with Crippen LogP contribution < -0.4 is 10.3 Å². The second kappa shape index (κ2) is 10.6. The molecule has 0 unspecified atom stereocenters. The first-order valence-corrected chi connectivity index (χ1v) is 11.9. The molecular formula is C21H27N5O6S. The number of hydrogen-bond acceptors (Lipinski definition) is 9. The number of morpholine rings is 1. The average Bonchev–Trinajstić information content (AvgIpc) is 2.81. The summed E-state index contributed by atoms with van der Waals surface area (Å²) in [5.74, 6) is 0.0198. The number of rotatable bonds is 9. The number of benzene rings is 2. The molecule has 2 aromatic carbocycles. The number of phenolic OH excluding ortho intramolecular Hbond substituents is 1. The quantitative estimate of drug-likeness (QED) is 0.319. The minimum Gasteiger partial charge on any atom is -0.507 e. The molecule has 1 saturated heterocycles. The van der Waals surface area contributed by atoms with E-state index in [2.05, 4.69) is 15.4 Å². The highest BCUT2D eigenvalue weighted by molar-refractivity contribution is 7.89. The molecule has 1 aliphatic rings. The lowest BCUT2D eigenvalue weighted by molar-refractivity contribution is -0.384. The molecular weight excluding hydrogens is 450 g/mol. The molecule has 0 spiro atoms. The minimum absolute atomic E-state index is 0.0198. The molecule has 2 N–H and O–H groups in total. The van der Waals surface area contributed by atoms with Gasteiger partial charge >= 0.3 is 0 Å². The summed E-state index contributed by atoms with van der Waals surface area (Å²) in [6, 6.07) is 8.78. The van der Waals surface area contributed by atoms with Crippen molar-refractivity contribution in [3.63, 3.8) is 0 Å². The molecule has 0 aromatic heterocycles. The van der Waals surface area contributed by atoms with Gasteiger partial charge in [-0.15, -0.1) is 0 Å². The van der Waals surface area contributed by atoms with Crippen molar-refractivity contribution in [3.05, 3.63) is 52.1 Å². The van der Waals surface area contributed by atoms with Crippen LogP contribution in [0.15, 0.2) is 46.4 Å². The van der Waals surface area contributed by atoms with E-state index in [0.29, 0.717) is 5.56 Å². The highest BCUT2D eigenvalue weighted by Crippen LogP contribution is 2.29. The fraction of sp³-hybridized carbons (Fsp3) is 0.381. The van der Waals surface area contributed by atoms with Crippen LogP contribution >= 0.6 is 0 Å². The molecule has 11 nitrogen and oxygen atoms in total. The molecule has 1 aliphatic heterocycles. The summed E-state index contributed by atoms with van der Waals surface area (Å²) >= 11 is 0. The maximum Gasteiger partial charge on any atom is 0.295 e. The largest absolute Gasteiger partial charge is 0.507 e. The van der Waals surface area contributed by atoms with Gasteiger partial charge in [0.1, 0.15) is 11.4 Å². The molecule has 3 rings (SSSR count). The van der Waals surface area contributed by atoms with Gasteiger partial charge in [-0.1, -0.05) is 0 Å². The first-order valence-electron chi connectivity index (χ1n) is 10.5. The monoisotopic (exact) mass is 477 g/mol. The number of nitro benzene ring substituents is 1. The van der Waals surface area contributed by atoms with Crippen LogP contribution in [0.5, 0.6) is 5.75 Å². The van der Waals surface area contributed by atoms with E-state index in [1.54, 1.807) is 12.1 Å². The summed E-state index contributed by atoms with van der Waals surface area (Å²) in [6.45, 7) is 6.57. The summed E-state index contributed by atoms with van der Waals surface area (Å²) in [6.07, 6.45) is 1.34. The van der Waals surface area contributed by atoms with Crippen LogP contribution in [0.25, 0.3) is 0 Å². The van der Waals surface area contributed by atoms with Gasteiger partial charge in [-0.2, -0.15) is 9.41 Å². The van der Waals surface area contributed by atoms with E-state index in [1.165, 1.54) is 22.7 Å². The van der Waals surface area contributed by atoms with E-state index >= 15 is 0 Å². The zero-order valence-corrected chi connectivity index (χ0v) is 19.3. The first-order chi connectivity index (χ1) is 15.8. The lowest BCUT2D eigenvalue weighted by Gasteiger charge is -2.26. The summed E-state index contributed by atoms with van der Waals surface area (Å²) < 4.78 is 32.0. The number of aromatic hydroxyl groups is 1. The number of hydrogen-bond donors (Lipinski definition) is 2. The van der Waals surface area contributed by atoms with Crippen molar-refractivity contribution in [2.75, 3.05) is 49.7 Å². The van der Waals surface area contributed by atoms with Gasteiger partial charge in [0.2, 0.25) is 10.0 Å². The van der Waals surface area contributed by atoms with Crippen LogP contribution in [0.2, 0.25) is 0 Å². The van der Waals surface area contributed by atoms with E-state index in [1.807, 2.05) is 19.9 Å². The molecule has 178 valence electrons. The van der Waals surface area contributed by atoms with E-state index in [-0.39, 0.29) is 42.6 Å². The number of nitrogens with zero attached hydrogens (tertiary/aromatic N) is 4. The van der Waals surface area contributed by atoms with Gasteiger partial charge in [0.25, 0.3) is 5.69 Å². The Labute approximate surface area is 192 Å². The molecule has 0 atom stereocenters. The predicted octanol–water partition coefficient (Wildman–Crippen LogP) is 2.61. The summed E-state index contributed by atoms with van der Waals surface area (Å²) in [7, 11) is -3.87. The van der Waals surface area contributed by atoms with Crippen LogP contribution in [0, 0.1) is 10.1 Å². The van der Waals surface area contributed by atoms with E-state index < -0.39 is 20.6 Å². The lowest BCUT2D eigenvalue weighted by Crippen LogP contribution is -2.40. The highest BCUT2D eigenvalue weighted by Gasteiger charge is 2.28. The second-order valence-corrected chi connectivity index (χ2v) is 9.18. The van der Waals surface area contributed by atoms with E-state index in [4.69, 9.17) is 4.74 Å². The Morgan fingerprint density at radius 1 is 1.21 bits per heavy atom. The van der Waals surface area contributed by atoms with Crippen molar-refractivity contribution in [2.45, 2.75) is 18.7 Å². The van der Waals surface area contributed by atoms with Crippen molar-refractivity contribution < 1.29 is 23.2 Å². The van der Waals surface area contributed by atoms with Gasteiger partial charge in [-0.05, 0) is 38.1 Å². The third-order valence-corrected chi connectivity index (χ3v) is 7.20. The number of nitrogens with one attached hydrogen (secondary N) is 1. The van der Waals surface area contributed by atoms with Crippen molar-refractivity contribution in [1.29, 1.82) is 0 Å². The molecule has 33 heavy (non-hydrogen) atoms. The molecule has 0 radical (unpaired) electrons. The van der Waals surface area contributed by atoms with Gasteiger partial charge in [0.15, 0.2) is 0 Å². The van der Waals surface area contributed by atoms with E-state index in [0.717, 1.165) is 24.8 Å². The topological polar surface area (TPSA) is 138 Å². The molecule has 1 fully saturated rings. The number of sulfonamides is 1. The Bertz CT molecular complexity index is 1130. The number of hydrazone groups is 1. The van der Waals surface area contributed by atoms with Crippen molar-refractivity contribution in [2.24, 2.45) is 5.10 Å². The average molecular weight is 478 g/mol. The van der Waals surface area contributed by atoms with Gasteiger partial charge in [-0.25, -0.2) is 8.42 Å². The molecule has 0 amide bonds. The Hall–Kier alpha value is -3.22. The van der Waals surface area contributed by atoms with Gasteiger partial charge in [-0.3, -0.25) is 15.5 Å². The fourth-order valence-corrected chi connectivity index (χ4v) is 4.88. The minimum atomic E-state index is -3.87. The maximum atomic E-state index is 12.8. The van der Waals surface area contributed by atoms with Crippen LogP contribution in [0.3, 0.4) is 0 Å². The highest BCUT2D eigenvalue weighted by atomic mass is 32.2. The van der Waals surface area contributed by atoms with Gasteiger partial charge in [0, 0.05) is 49.6 Å². The smallest absolute Gasteiger partial charge is 0.295 e. The van der Waals surface area contributed by atoms with Gasteiger partial charge < -0.3 is 14.7 Å². The van der Waals surface area contributed by atoms with E-state index in [9.17, 15) is 23.6 Å². The number of anilines is 2. The molecule has 2 aromatic rings. The molecule has 12 heteroatoms. The molecule has 1 heterocycles. The SMILES string of the molecule is CCN(CC)c1ccc(/C=N/Nc2ccc(S(=O)(=O)N3CCOCC3)cc2[N+](=O)[O-])c(O)c1. The first kappa shape index (κ1) is 24.4. The zero-order valence-electron chi connectivity index (χ0n) is 18.5. The Balaban J connectivity index is 1.80. The molecule has 0 saturated carbocycles. The molecule has 0 aliphatic carbocycles. The number of ether oxygens (including phenoxy) is 1. The Kier molecular flexibility index (Phi) is 7.84. The van der Waals surface area contributed by atoms with Gasteiger partial charge in [0.05, 0.1) is 29.2 Å². The summed E-state index contributed by atoms with van der Waals surface area (Å²) in [4.78, 5) is 12.8. The van der Waals surface area contributed by atoms with Crippen molar-refractivity contribution in [3.8, 4) is 5.75 Å². The predicted molar refractivity (Wildman–Crippen MR) is 126 cm³/mol. The Morgan fingerprint density at radius 3 is 2.52 bits per heavy atom. The molecule has 0 bridgehead atoms. The lowest BCUT2D eigenvalue weighted by atomic mass is 10.2. The third kappa shape index (κ3) is 5.59. The van der Waals surface area contributed by atoms with Crippen LogP contribution in [-0.2, 0) is 14.8 Å². The zero-order chi connectivity index (χ0) is 24.0. The standard InChI is InChI=1S/C21H27N5O6S/c1-3-24(4-2)17-6-5-16(21(27)13-17)15-22-23-19-8-7-18(14-20(19)26(28)29)33(30,31)25-9-11-32-12-10-25/h5-8,13-15,23,27H,3-4,9-12H2,1-2H3/b22-15+. The van der Waals surface area contributed by atoms with Crippen LogP contribution in [0.4, 0.5) is 17.1 Å². The Morgan fingerprint density at radius 2 is 1.91 bits per heavy atom. The van der Waals surface area contributed by atoms with Crippen LogP contribution in [-0.4, -0.2) is 68.4 Å². The number of phenols is 1. The van der Waals surface area contributed by atoms with Crippen molar-refractivity contribution >= 4 is 33.3 Å². The summed E-state index contributed by atoms with van der Waals surface area (Å²) in [5, 5.41) is 25.8.